The molecule has 0 aromatic heterocycles. The van der Waals surface area contributed by atoms with E-state index in [9.17, 15) is 0 Å². The predicted octanol–water partition coefficient (Wildman–Crippen LogP) is 3.28. The largest absolute Gasteiger partial charge is 0.416 e. The molecule has 0 heterocycles. The number of hydrogen-bond acceptors (Lipinski definition) is 1. The fraction of sp³-hybridized carbons (Fsp3) is 0.818. The van der Waals surface area contributed by atoms with Gasteiger partial charge in [-0.25, -0.2) is 0 Å². The Bertz CT molecular complexity index is 195. The third-order valence-corrected chi connectivity index (χ3v) is 7.29. The van der Waals surface area contributed by atoms with E-state index in [2.05, 4.69) is 39.8 Å². The Kier molecular flexibility index (Phi) is 4.21. The Morgan fingerprint density at radius 2 is 1.85 bits per heavy atom. The second kappa shape index (κ2) is 4.30. The summed E-state index contributed by atoms with van der Waals surface area (Å²) in [6, 6.07) is 0. The van der Waals surface area contributed by atoms with Crippen LogP contribution in [0.1, 0.15) is 27.7 Å². The highest BCUT2D eigenvalue weighted by molar-refractivity contribution is 6.74. The van der Waals surface area contributed by atoms with E-state index >= 15 is 0 Å². The smallest absolute Gasteiger partial charge is 0.192 e. The highest BCUT2D eigenvalue weighted by Gasteiger charge is 2.37. The lowest BCUT2D eigenvalue weighted by Crippen LogP contribution is -2.41. The van der Waals surface area contributed by atoms with Crippen molar-refractivity contribution in [2.75, 3.05) is 6.61 Å². The topological polar surface area (TPSA) is 9.23 Å². The van der Waals surface area contributed by atoms with Crippen molar-refractivity contribution in [3.63, 3.8) is 0 Å². The Morgan fingerprint density at radius 3 is 2.15 bits per heavy atom. The molecule has 2 heteroatoms. The highest BCUT2D eigenvalue weighted by Crippen LogP contribution is 2.36. The van der Waals surface area contributed by atoms with Crippen LogP contribution in [0.4, 0.5) is 0 Å². The van der Waals surface area contributed by atoms with Crippen molar-refractivity contribution in [3.8, 4) is 12.3 Å². The molecular formula is C11H22OSi. The summed E-state index contributed by atoms with van der Waals surface area (Å²) in [5, 5.41) is 0.279. The second-order valence-electron chi connectivity index (χ2n) is 5.14. The highest BCUT2D eigenvalue weighted by atomic mass is 28.4. The van der Waals surface area contributed by atoms with Gasteiger partial charge in [0.25, 0.3) is 0 Å². The lowest BCUT2D eigenvalue weighted by molar-refractivity contribution is 0.263. The van der Waals surface area contributed by atoms with Gasteiger partial charge in [0.2, 0.25) is 0 Å². The van der Waals surface area contributed by atoms with Crippen LogP contribution in [-0.2, 0) is 4.43 Å². The van der Waals surface area contributed by atoms with Crippen LogP contribution in [0.2, 0.25) is 18.1 Å². The zero-order chi connectivity index (χ0) is 10.7. The molecule has 0 N–H and O–H groups in total. The van der Waals surface area contributed by atoms with Gasteiger partial charge in [0.15, 0.2) is 8.32 Å². The summed E-state index contributed by atoms with van der Waals surface area (Å²) in [5.74, 6) is 2.92. The van der Waals surface area contributed by atoms with Gasteiger partial charge in [0.1, 0.15) is 0 Å². The standard InChI is InChI=1S/C11H22OSi/c1-8-10(2)9-12-13(6,7)11(3,4)5/h1,10H,9H2,2-7H3/t10-/m0/s1. The van der Waals surface area contributed by atoms with Gasteiger partial charge < -0.3 is 4.43 Å². The minimum absolute atomic E-state index is 0.231. The maximum absolute atomic E-state index is 5.94. The molecule has 0 aliphatic rings. The molecule has 0 radical (unpaired) electrons. The molecule has 13 heavy (non-hydrogen) atoms. The molecule has 1 nitrogen and oxygen atoms in total. The fourth-order valence-electron chi connectivity index (χ4n) is 0.598. The zero-order valence-electron chi connectivity index (χ0n) is 9.77. The van der Waals surface area contributed by atoms with Crippen LogP contribution in [0.15, 0.2) is 0 Å². The molecule has 0 aliphatic heterocycles. The molecule has 1 atom stereocenters. The fourth-order valence-corrected chi connectivity index (χ4v) is 1.70. The van der Waals surface area contributed by atoms with Crippen molar-refractivity contribution in [1.29, 1.82) is 0 Å². The van der Waals surface area contributed by atoms with E-state index in [0.717, 1.165) is 0 Å². The van der Waals surface area contributed by atoms with Crippen molar-refractivity contribution in [3.05, 3.63) is 0 Å². The van der Waals surface area contributed by atoms with E-state index in [-0.39, 0.29) is 11.0 Å². The second-order valence-corrected chi connectivity index (χ2v) is 9.95. The van der Waals surface area contributed by atoms with Gasteiger partial charge in [-0.05, 0) is 25.1 Å². The van der Waals surface area contributed by atoms with Gasteiger partial charge in [-0.3, -0.25) is 0 Å². The predicted molar refractivity (Wildman–Crippen MR) is 61.1 cm³/mol. The molecule has 0 fully saturated rings. The van der Waals surface area contributed by atoms with Crippen LogP contribution in [0.3, 0.4) is 0 Å². The molecule has 0 aromatic rings. The van der Waals surface area contributed by atoms with Gasteiger partial charge in [0.05, 0.1) is 0 Å². The van der Waals surface area contributed by atoms with Crippen LogP contribution in [0, 0.1) is 18.3 Å². The van der Waals surface area contributed by atoms with E-state index in [4.69, 9.17) is 10.8 Å². The number of hydrogen-bond donors (Lipinski definition) is 0. The minimum Gasteiger partial charge on any atom is -0.416 e. The average Bonchev–Trinajstić information content (AvgIpc) is 1.98. The van der Waals surface area contributed by atoms with Gasteiger partial charge in [-0.2, -0.15) is 0 Å². The zero-order valence-corrected chi connectivity index (χ0v) is 10.8. The van der Waals surface area contributed by atoms with Crippen molar-refractivity contribution < 1.29 is 4.43 Å². The maximum Gasteiger partial charge on any atom is 0.192 e. The normalized spacial score (nSPS) is 15.2. The van der Waals surface area contributed by atoms with Crippen molar-refractivity contribution in [2.45, 2.75) is 45.8 Å². The third kappa shape index (κ3) is 3.97. The third-order valence-electron chi connectivity index (χ3n) is 2.78. The molecule has 0 aliphatic carbocycles. The molecule has 0 unspecified atom stereocenters. The van der Waals surface area contributed by atoms with Gasteiger partial charge in [-0.15, -0.1) is 12.3 Å². The van der Waals surface area contributed by atoms with Crippen LogP contribution >= 0.6 is 0 Å². The average molecular weight is 198 g/mol. The molecule has 76 valence electrons. The van der Waals surface area contributed by atoms with Crippen molar-refractivity contribution >= 4 is 8.32 Å². The van der Waals surface area contributed by atoms with E-state index < -0.39 is 8.32 Å². The molecule has 0 saturated carbocycles. The van der Waals surface area contributed by atoms with Gasteiger partial charge in [-0.1, -0.05) is 20.8 Å². The monoisotopic (exact) mass is 198 g/mol. The van der Waals surface area contributed by atoms with E-state index in [1.54, 1.807) is 0 Å². The first-order valence-electron chi connectivity index (χ1n) is 4.81. The van der Waals surface area contributed by atoms with Crippen LogP contribution in [-0.4, -0.2) is 14.9 Å². The first-order chi connectivity index (χ1) is 5.70. The summed E-state index contributed by atoms with van der Waals surface area (Å²) in [7, 11) is -1.58. The summed E-state index contributed by atoms with van der Waals surface area (Å²) in [5.41, 5.74) is 0. The number of rotatable bonds is 3. The van der Waals surface area contributed by atoms with Crippen LogP contribution < -0.4 is 0 Å². The van der Waals surface area contributed by atoms with Crippen molar-refractivity contribution in [2.24, 2.45) is 5.92 Å². The lowest BCUT2D eigenvalue weighted by Gasteiger charge is -2.36. The molecule has 0 rings (SSSR count). The molecule has 0 aromatic carbocycles. The maximum atomic E-state index is 5.94. The first-order valence-corrected chi connectivity index (χ1v) is 7.71. The molecule has 0 saturated heterocycles. The van der Waals surface area contributed by atoms with Gasteiger partial charge >= 0.3 is 0 Å². The summed E-state index contributed by atoms with van der Waals surface area (Å²) < 4.78 is 5.94. The lowest BCUT2D eigenvalue weighted by atomic mass is 10.2. The first kappa shape index (κ1) is 12.7. The molecule has 0 spiro atoms. The molecule has 0 bridgehead atoms. The summed E-state index contributed by atoms with van der Waals surface area (Å²) in [6.45, 7) is 13.9. The Labute approximate surface area is 84.0 Å². The minimum atomic E-state index is -1.58. The summed E-state index contributed by atoms with van der Waals surface area (Å²) >= 11 is 0. The van der Waals surface area contributed by atoms with E-state index in [1.165, 1.54) is 0 Å². The van der Waals surface area contributed by atoms with E-state index in [0.29, 0.717) is 6.61 Å². The Morgan fingerprint density at radius 1 is 1.38 bits per heavy atom. The summed E-state index contributed by atoms with van der Waals surface area (Å²) in [6.07, 6.45) is 5.30. The summed E-state index contributed by atoms with van der Waals surface area (Å²) in [4.78, 5) is 0. The Hall–Kier alpha value is -0.263. The quantitative estimate of drug-likeness (QED) is 0.499. The number of terminal acetylenes is 1. The molecular weight excluding hydrogens is 176 g/mol. The van der Waals surface area contributed by atoms with Gasteiger partial charge in [0, 0.05) is 12.5 Å². The van der Waals surface area contributed by atoms with Crippen LogP contribution in [0.5, 0.6) is 0 Å². The van der Waals surface area contributed by atoms with Crippen LogP contribution in [0.25, 0.3) is 0 Å². The molecule has 0 amide bonds. The SMILES string of the molecule is C#C[C@H](C)CO[Si](C)(C)C(C)(C)C. The van der Waals surface area contributed by atoms with Crippen molar-refractivity contribution in [1.82, 2.24) is 0 Å². The Balaban J connectivity index is 4.14. The van der Waals surface area contributed by atoms with E-state index in [1.807, 2.05) is 6.92 Å².